The predicted octanol–water partition coefficient (Wildman–Crippen LogP) is -0.442. The maximum Gasteiger partial charge on any atom is 0.335 e. The highest BCUT2D eigenvalue weighted by Crippen LogP contribution is 2.03. The molecule has 8 heteroatoms. The van der Waals surface area contributed by atoms with Gasteiger partial charge < -0.3 is 10.2 Å². The molecule has 0 saturated heterocycles. The molecule has 18 heavy (non-hydrogen) atoms. The van der Waals surface area contributed by atoms with E-state index in [1.54, 1.807) is 0 Å². The first-order chi connectivity index (χ1) is 8.42. The van der Waals surface area contributed by atoms with Gasteiger partial charge in [0.05, 0.1) is 11.1 Å². The Hall–Kier alpha value is -2.74. The van der Waals surface area contributed by atoms with Crippen molar-refractivity contribution in [3.05, 3.63) is 35.4 Å². The zero-order valence-corrected chi connectivity index (χ0v) is 9.02. The van der Waals surface area contributed by atoms with Crippen molar-refractivity contribution in [3.8, 4) is 0 Å². The summed E-state index contributed by atoms with van der Waals surface area (Å²) in [5, 5.41) is 17.3. The van der Waals surface area contributed by atoms with Crippen LogP contribution in [0.1, 0.15) is 20.7 Å². The molecular weight excluding hydrogens is 244 g/mol. The van der Waals surface area contributed by atoms with E-state index in [-0.39, 0.29) is 23.9 Å². The highest BCUT2D eigenvalue weighted by Gasteiger charge is 2.04. The van der Waals surface area contributed by atoms with Crippen molar-refractivity contribution in [1.29, 1.82) is 0 Å². The van der Waals surface area contributed by atoms with Crippen LogP contribution in [0.5, 0.6) is 0 Å². The fourth-order valence-electron chi connectivity index (χ4n) is 0.780. The summed E-state index contributed by atoms with van der Waals surface area (Å²) in [5.74, 6) is 2.44. The van der Waals surface area contributed by atoms with E-state index in [9.17, 15) is 19.2 Å². The van der Waals surface area contributed by atoms with Crippen LogP contribution >= 0.6 is 0 Å². The van der Waals surface area contributed by atoms with E-state index < -0.39 is 11.9 Å². The van der Waals surface area contributed by atoms with Crippen molar-refractivity contribution in [2.75, 3.05) is 0 Å². The third kappa shape index (κ3) is 5.37. The van der Waals surface area contributed by atoms with Crippen LogP contribution in [0.25, 0.3) is 0 Å². The Bertz CT molecular complexity index is 401. The molecule has 1 aromatic carbocycles. The Morgan fingerprint density at radius 2 is 1.22 bits per heavy atom. The van der Waals surface area contributed by atoms with E-state index >= 15 is 0 Å². The van der Waals surface area contributed by atoms with Gasteiger partial charge in [-0.05, 0) is 24.3 Å². The Balaban J connectivity index is 0.000000411. The van der Waals surface area contributed by atoms with Gasteiger partial charge in [-0.1, -0.05) is 0 Å². The number of nitrogens with zero attached hydrogens (tertiary/aromatic N) is 1. The molecule has 0 aliphatic carbocycles. The van der Waals surface area contributed by atoms with Crippen LogP contribution in [-0.2, 0) is 9.59 Å². The molecule has 0 aliphatic rings. The third-order valence-corrected chi connectivity index (χ3v) is 1.62. The lowest BCUT2D eigenvalue weighted by Gasteiger charge is -1.94. The standard InChI is InChI=1S/C8H6O4.C2H4N2O2/c9-7(10)5-1-2-6(4-3-5)8(11)12;3-4(1-5)2-6/h1-4H,(H,9,10)(H,11,12);1-2H,3H2. The molecule has 0 saturated carbocycles. The van der Waals surface area contributed by atoms with Crippen LogP contribution in [0, 0.1) is 0 Å². The summed E-state index contributed by atoms with van der Waals surface area (Å²) >= 11 is 0. The van der Waals surface area contributed by atoms with Crippen LogP contribution in [0.3, 0.4) is 0 Å². The first kappa shape index (κ1) is 15.3. The molecule has 1 rings (SSSR count). The van der Waals surface area contributed by atoms with Crippen LogP contribution in [0.4, 0.5) is 0 Å². The van der Waals surface area contributed by atoms with Gasteiger partial charge >= 0.3 is 11.9 Å². The number of hydrazine groups is 1. The molecule has 0 radical (unpaired) electrons. The number of carbonyl (C=O) groups is 4. The Labute approximate surface area is 101 Å². The number of carboxylic acid groups (broad SMARTS) is 2. The molecule has 1 aromatic rings. The molecule has 96 valence electrons. The number of imide groups is 1. The van der Waals surface area contributed by atoms with Crippen molar-refractivity contribution in [1.82, 2.24) is 5.01 Å². The minimum atomic E-state index is -1.06. The molecular formula is C10H10N2O6. The first-order valence-electron chi connectivity index (χ1n) is 4.42. The zero-order chi connectivity index (χ0) is 14.1. The average Bonchev–Trinajstić information content (AvgIpc) is 2.38. The summed E-state index contributed by atoms with van der Waals surface area (Å²) in [7, 11) is 0. The van der Waals surface area contributed by atoms with E-state index in [4.69, 9.17) is 10.2 Å². The van der Waals surface area contributed by atoms with Crippen LogP contribution in [0.2, 0.25) is 0 Å². The number of aromatic carboxylic acids is 2. The molecule has 0 fully saturated rings. The summed E-state index contributed by atoms with van der Waals surface area (Å²) < 4.78 is 0. The molecule has 4 N–H and O–H groups in total. The fraction of sp³-hybridized carbons (Fsp3) is 0. The van der Waals surface area contributed by atoms with Gasteiger partial charge in [0.15, 0.2) is 0 Å². The zero-order valence-electron chi connectivity index (χ0n) is 9.02. The molecule has 0 unspecified atom stereocenters. The SMILES string of the molecule is NN(C=O)C=O.O=C(O)c1ccc(C(=O)O)cc1. The average molecular weight is 254 g/mol. The second-order valence-corrected chi connectivity index (χ2v) is 2.85. The van der Waals surface area contributed by atoms with Crippen LogP contribution in [-0.4, -0.2) is 40.0 Å². The van der Waals surface area contributed by atoms with Crippen LogP contribution < -0.4 is 5.84 Å². The normalized spacial score (nSPS) is 8.50. The predicted molar refractivity (Wildman–Crippen MR) is 58.5 cm³/mol. The molecule has 0 bridgehead atoms. The fourth-order valence-corrected chi connectivity index (χ4v) is 0.780. The van der Waals surface area contributed by atoms with Crippen LogP contribution in [0.15, 0.2) is 24.3 Å². The number of hydrogen-bond acceptors (Lipinski definition) is 5. The monoisotopic (exact) mass is 254 g/mol. The maximum atomic E-state index is 10.3. The van der Waals surface area contributed by atoms with Gasteiger partial charge in [0.2, 0.25) is 12.8 Å². The van der Waals surface area contributed by atoms with Gasteiger partial charge in [-0.25, -0.2) is 20.4 Å². The topological polar surface area (TPSA) is 138 Å². The second-order valence-electron chi connectivity index (χ2n) is 2.85. The molecule has 0 spiro atoms. The lowest BCUT2D eigenvalue weighted by atomic mass is 10.1. The summed E-state index contributed by atoms with van der Waals surface area (Å²) in [6.07, 6.45) is 0.431. The van der Waals surface area contributed by atoms with Gasteiger partial charge in [-0.2, -0.15) is 0 Å². The Kier molecular flexibility index (Phi) is 6.38. The summed E-state index contributed by atoms with van der Waals surface area (Å²) in [6.45, 7) is 0. The van der Waals surface area contributed by atoms with Gasteiger partial charge in [0.25, 0.3) is 0 Å². The molecule has 0 aromatic heterocycles. The van der Waals surface area contributed by atoms with E-state index in [0.29, 0.717) is 5.01 Å². The molecule has 0 aliphatic heterocycles. The van der Waals surface area contributed by atoms with E-state index in [0.717, 1.165) is 0 Å². The van der Waals surface area contributed by atoms with Crippen molar-refractivity contribution in [3.63, 3.8) is 0 Å². The quantitative estimate of drug-likeness (QED) is 0.286. The molecule has 0 atom stereocenters. The Morgan fingerprint density at radius 1 is 0.944 bits per heavy atom. The third-order valence-electron chi connectivity index (χ3n) is 1.62. The van der Waals surface area contributed by atoms with Gasteiger partial charge in [0, 0.05) is 0 Å². The second kappa shape index (κ2) is 7.52. The number of carbonyl (C=O) groups excluding carboxylic acids is 2. The smallest absolute Gasteiger partial charge is 0.335 e. The first-order valence-corrected chi connectivity index (χ1v) is 4.42. The van der Waals surface area contributed by atoms with Gasteiger partial charge in [-0.3, -0.25) is 9.59 Å². The van der Waals surface area contributed by atoms with Crippen molar-refractivity contribution < 1.29 is 29.4 Å². The van der Waals surface area contributed by atoms with Crippen molar-refractivity contribution >= 4 is 24.8 Å². The molecule has 2 amide bonds. The van der Waals surface area contributed by atoms with E-state index in [1.807, 2.05) is 0 Å². The number of nitrogens with two attached hydrogens (primary N) is 1. The number of carboxylic acids is 2. The number of rotatable bonds is 4. The summed E-state index contributed by atoms with van der Waals surface area (Å²) in [4.78, 5) is 39.3. The summed E-state index contributed by atoms with van der Waals surface area (Å²) in [6, 6.07) is 5.02. The highest BCUT2D eigenvalue weighted by atomic mass is 16.4. The van der Waals surface area contributed by atoms with Gasteiger partial charge in [0.1, 0.15) is 0 Å². The lowest BCUT2D eigenvalue weighted by molar-refractivity contribution is -0.129. The maximum absolute atomic E-state index is 10.3. The minimum absolute atomic E-state index is 0.0833. The minimum Gasteiger partial charge on any atom is -0.478 e. The van der Waals surface area contributed by atoms with E-state index in [2.05, 4.69) is 5.84 Å². The Morgan fingerprint density at radius 3 is 1.33 bits per heavy atom. The largest absolute Gasteiger partial charge is 0.478 e. The summed E-state index contributed by atoms with van der Waals surface area (Å²) in [5.41, 5.74) is 0.167. The highest BCUT2D eigenvalue weighted by molar-refractivity contribution is 5.91. The van der Waals surface area contributed by atoms with Gasteiger partial charge in [-0.15, -0.1) is 0 Å². The number of hydrogen-bond donors (Lipinski definition) is 3. The van der Waals surface area contributed by atoms with E-state index in [1.165, 1.54) is 24.3 Å². The molecule has 0 heterocycles. The lowest BCUT2D eigenvalue weighted by Crippen LogP contribution is -2.26. The van der Waals surface area contributed by atoms with Crippen molar-refractivity contribution in [2.45, 2.75) is 0 Å². The number of amides is 2. The van der Waals surface area contributed by atoms with Crippen molar-refractivity contribution in [2.24, 2.45) is 5.84 Å². The molecule has 8 nitrogen and oxygen atoms in total. The number of benzene rings is 1.